The number of likely N-dealkylation sites (N-methyl/N-ethyl adjacent to an activating group) is 1. The highest BCUT2D eigenvalue weighted by Gasteiger charge is 2.24. The Morgan fingerprint density at radius 3 is 2.17 bits per heavy atom. The number of piperazine rings is 1. The zero-order valence-electron chi connectivity index (χ0n) is 14.3. The minimum atomic E-state index is -3.46. The third-order valence-electron chi connectivity index (χ3n) is 4.50. The lowest BCUT2D eigenvalue weighted by Gasteiger charge is -2.36. The van der Waals surface area contributed by atoms with E-state index in [2.05, 4.69) is 16.7 Å². The van der Waals surface area contributed by atoms with Crippen LogP contribution in [0.4, 0.5) is 11.4 Å². The van der Waals surface area contributed by atoms with Gasteiger partial charge in [0.2, 0.25) is 10.0 Å². The van der Waals surface area contributed by atoms with Gasteiger partial charge in [-0.15, -0.1) is 0 Å². The average Bonchev–Trinajstić information content (AvgIpc) is 2.56. The van der Waals surface area contributed by atoms with Gasteiger partial charge < -0.3 is 15.5 Å². The first-order valence-corrected chi connectivity index (χ1v) is 9.75. The zero-order valence-corrected chi connectivity index (χ0v) is 15.1. The fourth-order valence-corrected chi connectivity index (χ4v) is 4.49. The summed E-state index contributed by atoms with van der Waals surface area (Å²) in [5.74, 6) is 0. The molecule has 1 heterocycles. The molecule has 2 N–H and O–H groups in total. The van der Waals surface area contributed by atoms with Crippen molar-refractivity contribution >= 4 is 21.4 Å². The van der Waals surface area contributed by atoms with E-state index in [1.165, 1.54) is 4.31 Å². The van der Waals surface area contributed by atoms with Crippen molar-refractivity contribution in [2.24, 2.45) is 0 Å². The number of rotatable bonds is 6. The summed E-state index contributed by atoms with van der Waals surface area (Å²) in [5, 5.41) is 0. The average molecular weight is 340 g/mol. The smallest absolute Gasteiger partial charge is 0.243 e. The van der Waals surface area contributed by atoms with E-state index in [0.717, 1.165) is 38.4 Å². The number of benzene rings is 1. The van der Waals surface area contributed by atoms with Crippen LogP contribution in [0.2, 0.25) is 0 Å². The Morgan fingerprint density at radius 2 is 1.70 bits per heavy atom. The molecular formula is C16H28N4O2S. The molecular weight excluding hydrogens is 312 g/mol. The lowest BCUT2D eigenvalue weighted by molar-refractivity contribution is 0.271. The monoisotopic (exact) mass is 340 g/mol. The predicted octanol–water partition coefficient (Wildman–Crippen LogP) is 1.44. The third-order valence-corrected chi connectivity index (χ3v) is 6.55. The van der Waals surface area contributed by atoms with Gasteiger partial charge in [0.05, 0.1) is 16.3 Å². The SMILES string of the molecule is CCN1CCN(c2ccc(S(=O)(=O)N(CC)CC)cc2N)CC1. The van der Waals surface area contributed by atoms with Crippen LogP contribution in [0.1, 0.15) is 20.8 Å². The van der Waals surface area contributed by atoms with Crippen LogP contribution in [-0.4, -0.2) is 63.4 Å². The minimum Gasteiger partial charge on any atom is -0.397 e. The van der Waals surface area contributed by atoms with Gasteiger partial charge in [-0.05, 0) is 24.7 Å². The summed E-state index contributed by atoms with van der Waals surface area (Å²) < 4.78 is 26.6. The van der Waals surface area contributed by atoms with Gasteiger partial charge in [0, 0.05) is 39.3 Å². The highest BCUT2D eigenvalue weighted by Crippen LogP contribution is 2.28. The molecule has 7 heteroatoms. The predicted molar refractivity (Wildman–Crippen MR) is 95.3 cm³/mol. The minimum absolute atomic E-state index is 0.273. The van der Waals surface area contributed by atoms with E-state index in [4.69, 9.17) is 5.73 Å². The van der Waals surface area contributed by atoms with Crippen molar-refractivity contribution in [1.82, 2.24) is 9.21 Å². The summed E-state index contributed by atoms with van der Waals surface area (Å²) in [4.78, 5) is 4.90. The molecule has 0 atom stereocenters. The number of nitrogens with two attached hydrogens (primary N) is 1. The normalized spacial score (nSPS) is 17.0. The van der Waals surface area contributed by atoms with E-state index in [9.17, 15) is 8.42 Å². The summed E-state index contributed by atoms with van der Waals surface area (Å²) in [5.41, 5.74) is 7.62. The Kier molecular flexibility index (Phi) is 5.89. The molecule has 1 aromatic carbocycles. The molecule has 0 bridgehead atoms. The topological polar surface area (TPSA) is 69.9 Å². The van der Waals surface area contributed by atoms with Gasteiger partial charge in [-0.25, -0.2) is 8.42 Å². The van der Waals surface area contributed by atoms with E-state index < -0.39 is 10.0 Å². The molecule has 130 valence electrons. The largest absolute Gasteiger partial charge is 0.397 e. The van der Waals surface area contributed by atoms with Crippen LogP contribution in [0.3, 0.4) is 0 Å². The van der Waals surface area contributed by atoms with Gasteiger partial charge in [0.15, 0.2) is 0 Å². The molecule has 1 aromatic rings. The van der Waals surface area contributed by atoms with E-state index in [0.29, 0.717) is 18.8 Å². The Bertz CT molecular complexity index is 621. The second-order valence-corrected chi connectivity index (χ2v) is 7.67. The van der Waals surface area contributed by atoms with Crippen molar-refractivity contribution < 1.29 is 8.42 Å². The highest BCUT2D eigenvalue weighted by atomic mass is 32.2. The highest BCUT2D eigenvalue weighted by molar-refractivity contribution is 7.89. The van der Waals surface area contributed by atoms with Crippen molar-refractivity contribution in [1.29, 1.82) is 0 Å². The van der Waals surface area contributed by atoms with Crippen molar-refractivity contribution in [3.8, 4) is 0 Å². The molecule has 0 radical (unpaired) electrons. The third kappa shape index (κ3) is 3.79. The van der Waals surface area contributed by atoms with Crippen molar-refractivity contribution in [3.63, 3.8) is 0 Å². The number of nitrogens with zero attached hydrogens (tertiary/aromatic N) is 3. The first kappa shape index (κ1) is 18.0. The van der Waals surface area contributed by atoms with Gasteiger partial charge >= 0.3 is 0 Å². The standard InChI is InChI=1S/C16H28N4O2S/c1-4-18-9-11-19(12-10-18)16-8-7-14(13-15(16)17)23(21,22)20(5-2)6-3/h7-8,13H,4-6,9-12,17H2,1-3H3. The van der Waals surface area contributed by atoms with Crippen LogP contribution in [0.5, 0.6) is 0 Å². The van der Waals surface area contributed by atoms with Crippen molar-refractivity contribution in [2.45, 2.75) is 25.7 Å². The van der Waals surface area contributed by atoms with E-state index in [-0.39, 0.29) is 4.90 Å². The molecule has 0 aliphatic carbocycles. The van der Waals surface area contributed by atoms with Gasteiger partial charge in [-0.1, -0.05) is 20.8 Å². The maximum absolute atomic E-state index is 12.6. The summed E-state index contributed by atoms with van der Waals surface area (Å²) >= 11 is 0. The molecule has 0 amide bonds. The summed E-state index contributed by atoms with van der Waals surface area (Å²) in [6.07, 6.45) is 0. The van der Waals surface area contributed by atoms with Gasteiger partial charge in [-0.2, -0.15) is 4.31 Å². The van der Waals surface area contributed by atoms with Gasteiger partial charge in [-0.3, -0.25) is 0 Å². The molecule has 0 saturated carbocycles. The van der Waals surface area contributed by atoms with E-state index >= 15 is 0 Å². The number of hydrogen-bond donors (Lipinski definition) is 1. The van der Waals surface area contributed by atoms with Gasteiger partial charge in [0.25, 0.3) is 0 Å². The Labute approximate surface area is 139 Å². The van der Waals surface area contributed by atoms with E-state index in [1.54, 1.807) is 12.1 Å². The van der Waals surface area contributed by atoms with Crippen LogP contribution >= 0.6 is 0 Å². The van der Waals surface area contributed by atoms with Gasteiger partial charge in [0.1, 0.15) is 0 Å². The molecule has 0 spiro atoms. The quantitative estimate of drug-likeness (QED) is 0.794. The fourth-order valence-electron chi connectivity index (χ4n) is 3.00. The molecule has 23 heavy (non-hydrogen) atoms. The molecule has 1 fully saturated rings. The Hall–Kier alpha value is -1.31. The molecule has 0 unspecified atom stereocenters. The van der Waals surface area contributed by atoms with Crippen LogP contribution in [0.15, 0.2) is 23.1 Å². The van der Waals surface area contributed by atoms with Crippen LogP contribution in [0, 0.1) is 0 Å². The molecule has 1 aliphatic rings. The summed E-state index contributed by atoms with van der Waals surface area (Å²) in [6, 6.07) is 5.11. The van der Waals surface area contributed by atoms with Crippen LogP contribution in [0.25, 0.3) is 0 Å². The summed E-state index contributed by atoms with van der Waals surface area (Å²) in [6.45, 7) is 11.7. The zero-order chi connectivity index (χ0) is 17.0. The fraction of sp³-hybridized carbons (Fsp3) is 0.625. The Morgan fingerprint density at radius 1 is 1.09 bits per heavy atom. The number of sulfonamides is 1. The molecule has 1 saturated heterocycles. The number of hydrogen-bond acceptors (Lipinski definition) is 5. The summed E-state index contributed by atoms with van der Waals surface area (Å²) in [7, 11) is -3.46. The first-order chi connectivity index (χ1) is 10.9. The number of anilines is 2. The molecule has 1 aliphatic heterocycles. The maximum Gasteiger partial charge on any atom is 0.243 e. The second-order valence-electron chi connectivity index (χ2n) is 5.73. The molecule has 2 rings (SSSR count). The molecule has 0 aromatic heterocycles. The van der Waals surface area contributed by atoms with Crippen LogP contribution in [-0.2, 0) is 10.0 Å². The van der Waals surface area contributed by atoms with Crippen molar-refractivity contribution in [2.75, 3.05) is 56.4 Å². The van der Waals surface area contributed by atoms with Crippen molar-refractivity contribution in [3.05, 3.63) is 18.2 Å². The Balaban J connectivity index is 2.22. The number of nitrogen functional groups attached to an aromatic ring is 1. The van der Waals surface area contributed by atoms with Crippen LogP contribution < -0.4 is 10.6 Å². The lowest BCUT2D eigenvalue weighted by atomic mass is 10.2. The maximum atomic E-state index is 12.6. The first-order valence-electron chi connectivity index (χ1n) is 8.31. The molecule has 6 nitrogen and oxygen atoms in total. The van der Waals surface area contributed by atoms with E-state index in [1.807, 2.05) is 19.9 Å². The lowest BCUT2D eigenvalue weighted by Crippen LogP contribution is -2.46. The second kappa shape index (κ2) is 7.51.